The summed E-state index contributed by atoms with van der Waals surface area (Å²) in [6, 6.07) is 17.0. The molecule has 1 aliphatic heterocycles. The van der Waals surface area contributed by atoms with Crippen LogP contribution in [0.4, 0.5) is 10.1 Å². The number of benzene rings is 3. The molecule has 32 heavy (non-hydrogen) atoms. The van der Waals surface area contributed by atoms with Crippen LogP contribution in [0.15, 0.2) is 72.9 Å². The van der Waals surface area contributed by atoms with E-state index >= 15 is 0 Å². The van der Waals surface area contributed by atoms with Crippen LogP contribution in [-0.4, -0.2) is 46.2 Å². The van der Waals surface area contributed by atoms with Crippen LogP contribution in [0, 0.1) is 15.9 Å². The van der Waals surface area contributed by atoms with Crippen LogP contribution in [0.5, 0.6) is 0 Å². The second kappa shape index (κ2) is 9.28. The minimum Gasteiger partial charge on any atom is -0.372 e. The number of allylic oxidation sites excluding steroid dienone is 1. The highest BCUT2D eigenvalue weighted by Crippen LogP contribution is 2.27. The minimum absolute atomic E-state index is 0.0903. The molecule has 1 atom stereocenters. The molecular weight excluding hydrogens is 409 g/mol. The Bertz CT molecular complexity index is 1180. The van der Waals surface area contributed by atoms with Crippen molar-refractivity contribution in [3.05, 3.63) is 100.0 Å². The molecule has 0 aliphatic carbocycles. The van der Waals surface area contributed by atoms with E-state index in [0.717, 1.165) is 42.5 Å². The molecule has 3 aromatic rings. The Morgan fingerprint density at radius 2 is 1.81 bits per heavy atom. The van der Waals surface area contributed by atoms with Crippen molar-refractivity contribution >= 4 is 22.2 Å². The lowest BCUT2D eigenvalue weighted by Crippen LogP contribution is -2.49. The third-order valence-electron chi connectivity index (χ3n) is 5.83. The van der Waals surface area contributed by atoms with E-state index in [1.807, 2.05) is 18.2 Å². The van der Waals surface area contributed by atoms with Gasteiger partial charge in [-0.1, -0.05) is 36.4 Å². The molecule has 1 heterocycles. The van der Waals surface area contributed by atoms with Gasteiger partial charge in [0.1, 0.15) is 11.4 Å². The van der Waals surface area contributed by atoms with Gasteiger partial charge in [0.2, 0.25) is 0 Å². The zero-order valence-electron chi connectivity index (χ0n) is 17.8. The summed E-state index contributed by atoms with van der Waals surface area (Å²) in [6.45, 7) is 5.14. The standard InChI is InChI=1S/C25H24FN3O3/c1-18-16-27(17-19-6-8-22(26)9-7-19)12-13-28(18)11-10-25(30)23-14-20-4-2-3-5-21(20)15-24(23)29(31)32/h2-11,14-15,18H,12-13,16-17H2,1H3/t18-/m1/s1. The Hall–Kier alpha value is -3.58. The summed E-state index contributed by atoms with van der Waals surface area (Å²) in [5.41, 5.74) is 0.962. The van der Waals surface area contributed by atoms with Gasteiger partial charge in [0.25, 0.3) is 5.69 Å². The van der Waals surface area contributed by atoms with E-state index < -0.39 is 4.92 Å². The van der Waals surface area contributed by atoms with E-state index in [9.17, 15) is 19.3 Å². The van der Waals surface area contributed by atoms with Gasteiger partial charge in [-0.05, 0) is 41.5 Å². The number of ketones is 1. The van der Waals surface area contributed by atoms with Crippen LogP contribution < -0.4 is 0 Å². The largest absolute Gasteiger partial charge is 0.372 e. The molecule has 0 bridgehead atoms. The zero-order chi connectivity index (χ0) is 22.7. The van der Waals surface area contributed by atoms with Crippen molar-refractivity contribution in [2.24, 2.45) is 0 Å². The molecule has 0 radical (unpaired) electrons. The molecule has 0 spiro atoms. The molecule has 164 valence electrons. The highest BCUT2D eigenvalue weighted by atomic mass is 19.1. The molecule has 0 saturated carbocycles. The number of hydrogen-bond acceptors (Lipinski definition) is 5. The van der Waals surface area contributed by atoms with Crippen molar-refractivity contribution in [3.63, 3.8) is 0 Å². The lowest BCUT2D eigenvalue weighted by molar-refractivity contribution is -0.385. The fourth-order valence-electron chi connectivity index (χ4n) is 4.09. The number of halogens is 1. The number of carbonyl (C=O) groups excluding carboxylic acids is 1. The highest BCUT2D eigenvalue weighted by Gasteiger charge is 2.23. The highest BCUT2D eigenvalue weighted by molar-refractivity contribution is 6.10. The maximum absolute atomic E-state index is 13.1. The van der Waals surface area contributed by atoms with Crippen molar-refractivity contribution in [1.82, 2.24) is 9.80 Å². The Morgan fingerprint density at radius 3 is 2.47 bits per heavy atom. The normalized spacial score (nSPS) is 17.2. The Morgan fingerprint density at radius 1 is 1.12 bits per heavy atom. The van der Waals surface area contributed by atoms with Crippen LogP contribution in [0.25, 0.3) is 10.8 Å². The number of nitrogens with zero attached hydrogens (tertiary/aromatic N) is 3. The molecule has 1 saturated heterocycles. The SMILES string of the molecule is C[C@@H]1CN(Cc2ccc(F)cc2)CCN1C=CC(=O)c1cc2ccccc2cc1[N+](=O)[O-]. The lowest BCUT2D eigenvalue weighted by Gasteiger charge is -2.39. The van der Waals surface area contributed by atoms with Crippen molar-refractivity contribution in [2.45, 2.75) is 19.5 Å². The van der Waals surface area contributed by atoms with Crippen LogP contribution in [0.1, 0.15) is 22.8 Å². The molecule has 0 amide bonds. The molecule has 0 N–H and O–H groups in total. The number of rotatable bonds is 6. The van der Waals surface area contributed by atoms with Crippen molar-refractivity contribution in [3.8, 4) is 0 Å². The van der Waals surface area contributed by atoms with Crippen molar-refractivity contribution < 1.29 is 14.1 Å². The predicted molar refractivity (Wildman–Crippen MR) is 122 cm³/mol. The summed E-state index contributed by atoms with van der Waals surface area (Å²) in [5, 5.41) is 13.0. The zero-order valence-corrected chi connectivity index (χ0v) is 17.8. The van der Waals surface area contributed by atoms with Gasteiger partial charge >= 0.3 is 0 Å². The van der Waals surface area contributed by atoms with E-state index in [2.05, 4.69) is 16.7 Å². The summed E-state index contributed by atoms with van der Waals surface area (Å²) in [7, 11) is 0. The van der Waals surface area contributed by atoms with E-state index in [1.165, 1.54) is 24.3 Å². The third-order valence-corrected chi connectivity index (χ3v) is 5.83. The number of fused-ring (bicyclic) bond motifs is 1. The smallest absolute Gasteiger partial charge is 0.281 e. The molecular formula is C25H24FN3O3. The average Bonchev–Trinajstić information content (AvgIpc) is 2.79. The van der Waals surface area contributed by atoms with Gasteiger partial charge < -0.3 is 4.90 Å². The first-order valence-corrected chi connectivity index (χ1v) is 10.5. The Kier molecular flexibility index (Phi) is 6.28. The summed E-state index contributed by atoms with van der Waals surface area (Å²) in [5.74, 6) is -0.628. The summed E-state index contributed by atoms with van der Waals surface area (Å²) in [4.78, 5) is 28.2. The topological polar surface area (TPSA) is 66.7 Å². The molecule has 3 aromatic carbocycles. The molecule has 0 unspecified atom stereocenters. The summed E-state index contributed by atoms with van der Waals surface area (Å²) < 4.78 is 13.1. The van der Waals surface area contributed by atoms with Gasteiger partial charge in [-0.2, -0.15) is 0 Å². The van der Waals surface area contributed by atoms with Gasteiger partial charge in [0, 0.05) is 50.6 Å². The number of nitro benzene ring substituents is 1. The van der Waals surface area contributed by atoms with Crippen LogP contribution >= 0.6 is 0 Å². The van der Waals surface area contributed by atoms with Crippen molar-refractivity contribution in [2.75, 3.05) is 19.6 Å². The second-order valence-corrected chi connectivity index (χ2v) is 8.10. The quantitative estimate of drug-likeness (QED) is 0.242. The summed E-state index contributed by atoms with van der Waals surface area (Å²) in [6.07, 6.45) is 3.16. The first-order valence-electron chi connectivity index (χ1n) is 10.5. The molecule has 4 rings (SSSR count). The van der Waals surface area contributed by atoms with Crippen LogP contribution in [0.3, 0.4) is 0 Å². The Balaban J connectivity index is 1.44. The van der Waals surface area contributed by atoms with Crippen LogP contribution in [0.2, 0.25) is 0 Å². The van der Waals surface area contributed by atoms with E-state index in [0.29, 0.717) is 0 Å². The monoisotopic (exact) mass is 433 g/mol. The first kappa shape index (κ1) is 21.6. The second-order valence-electron chi connectivity index (χ2n) is 8.10. The first-order chi connectivity index (χ1) is 15.4. The van der Waals surface area contributed by atoms with Gasteiger partial charge in [0.15, 0.2) is 5.78 Å². The molecule has 6 nitrogen and oxygen atoms in total. The summed E-state index contributed by atoms with van der Waals surface area (Å²) >= 11 is 0. The van der Waals surface area contributed by atoms with Gasteiger partial charge in [-0.25, -0.2) is 4.39 Å². The molecule has 0 aromatic heterocycles. The predicted octanol–water partition coefficient (Wildman–Crippen LogP) is 4.79. The van der Waals surface area contributed by atoms with Crippen LogP contribution in [-0.2, 0) is 6.54 Å². The number of piperazine rings is 1. The third kappa shape index (κ3) is 4.84. The van der Waals surface area contributed by atoms with E-state index in [1.54, 1.807) is 30.5 Å². The Labute approximate surface area is 185 Å². The maximum Gasteiger partial charge on any atom is 0.281 e. The number of nitro groups is 1. The van der Waals surface area contributed by atoms with Gasteiger partial charge in [0.05, 0.1) is 4.92 Å². The molecule has 1 aliphatic rings. The number of hydrogen-bond donors (Lipinski definition) is 0. The maximum atomic E-state index is 13.1. The van der Waals surface area contributed by atoms with E-state index in [-0.39, 0.29) is 28.9 Å². The van der Waals surface area contributed by atoms with E-state index in [4.69, 9.17) is 0 Å². The fourth-order valence-corrected chi connectivity index (χ4v) is 4.09. The lowest BCUT2D eigenvalue weighted by atomic mass is 10.0. The number of carbonyl (C=O) groups is 1. The molecule has 7 heteroatoms. The van der Waals surface area contributed by atoms with Gasteiger partial charge in [-0.15, -0.1) is 0 Å². The molecule has 1 fully saturated rings. The van der Waals surface area contributed by atoms with Crippen molar-refractivity contribution in [1.29, 1.82) is 0 Å². The average molecular weight is 433 g/mol. The fraction of sp³-hybridized carbons (Fsp3) is 0.240. The van der Waals surface area contributed by atoms with Gasteiger partial charge in [-0.3, -0.25) is 19.8 Å². The minimum atomic E-state index is -0.510.